The molecule has 0 atom stereocenters. The summed E-state index contributed by atoms with van der Waals surface area (Å²) >= 11 is 0. The molecule has 4 rings (SSSR count). The highest BCUT2D eigenvalue weighted by Gasteiger charge is 2.46. The van der Waals surface area contributed by atoms with Gasteiger partial charge in [-0.05, 0) is 42.3 Å². The van der Waals surface area contributed by atoms with Gasteiger partial charge in [-0.1, -0.05) is 31.2 Å². The van der Waals surface area contributed by atoms with Crippen molar-refractivity contribution in [2.75, 3.05) is 39.4 Å². The molecule has 2 fully saturated rings. The predicted molar refractivity (Wildman–Crippen MR) is 125 cm³/mol. The van der Waals surface area contributed by atoms with Crippen molar-refractivity contribution in [3.63, 3.8) is 0 Å². The van der Waals surface area contributed by atoms with E-state index in [9.17, 15) is 19.5 Å². The van der Waals surface area contributed by atoms with Crippen molar-refractivity contribution in [3.05, 3.63) is 56.8 Å². The summed E-state index contributed by atoms with van der Waals surface area (Å²) < 4.78 is 4.96. The number of aromatic nitrogens is 1. The number of pyridine rings is 1. The molecule has 8 heteroatoms. The number of benzene rings is 1. The van der Waals surface area contributed by atoms with E-state index in [4.69, 9.17) is 4.74 Å². The molecule has 2 aliphatic rings. The standard InChI is InChI=1S/C25H29N3O5/c1-3-5-19-14-20(22(29)26-21(19)4-2)17-6-8-18(9-7-17)23(30)27-10-12-28(13-11-27)24(31)25(32)15-33-16-25/h4-9,14,32H,3,10-13,15-16H2,1-2H3,(H,26,29)/b19-5-,21-4+. The Hall–Kier alpha value is -3.23. The number of aromatic amines is 1. The second kappa shape index (κ2) is 9.33. The molecule has 3 heterocycles. The molecule has 2 amide bonds. The predicted octanol–water partition coefficient (Wildman–Crippen LogP) is 0.0785. The minimum Gasteiger partial charge on any atom is -0.376 e. The number of aliphatic hydroxyl groups is 1. The number of carbonyl (C=O) groups is 2. The average molecular weight is 452 g/mol. The lowest BCUT2D eigenvalue weighted by Crippen LogP contribution is -2.64. The van der Waals surface area contributed by atoms with Gasteiger partial charge in [0.15, 0.2) is 5.60 Å². The molecule has 1 aromatic carbocycles. The molecule has 0 radical (unpaired) electrons. The van der Waals surface area contributed by atoms with Gasteiger partial charge in [-0.15, -0.1) is 0 Å². The van der Waals surface area contributed by atoms with E-state index in [2.05, 4.69) is 11.1 Å². The Labute approximate surface area is 191 Å². The summed E-state index contributed by atoms with van der Waals surface area (Å²) in [6.45, 7) is 5.52. The molecular weight excluding hydrogens is 422 g/mol. The van der Waals surface area contributed by atoms with E-state index < -0.39 is 5.60 Å². The maximum absolute atomic E-state index is 13.0. The molecule has 2 aliphatic heterocycles. The fourth-order valence-electron chi connectivity index (χ4n) is 4.20. The second-order valence-electron chi connectivity index (χ2n) is 8.47. The third-order valence-corrected chi connectivity index (χ3v) is 6.19. The minimum absolute atomic E-state index is 0.0254. The van der Waals surface area contributed by atoms with Gasteiger partial charge in [0.2, 0.25) is 0 Å². The highest BCUT2D eigenvalue weighted by Crippen LogP contribution is 2.21. The van der Waals surface area contributed by atoms with Crippen LogP contribution in [0.15, 0.2) is 35.1 Å². The molecule has 0 saturated carbocycles. The van der Waals surface area contributed by atoms with Crippen molar-refractivity contribution in [1.29, 1.82) is 0 Å². The van der Waals surface area contributed by atoms with Crippen LogP contribution in [0.2, 0.25) is 0 Å². The first-order chi connectivity index (χ1) is 15.9. The summed E-state index contributed by atoms with van der Waals surface area (Å²) in [5, 5.41) is 11.9. The van der Waals surface area contributed by atoms with Crippen LogP contribution < -0.4 is 16.1 Å². The molecule has 0 aliphatic carbocycles. The summed E-state index contributed by atoms with van der Waals surface area (Å²) in [7, 11) is 0. The van der Waals surface area contributed by atoms with Crippen LogP contribution in [-0.4, -0.2) is 76.7 Å². The lowest BCUT2D eigenvalue weighted by molar-refractivity contribution is -0.201. The van der Waals surface area contributed by atoms with E-state index in [0.29, 0.717) is 37.3 Å². The SMILES string of the molecule is C/C=c1/[nH]c(=O)c(-c2ccc(C(=O)N3CCN(C(=O)C4(O)COC4)CC3)cc2)c/c1=C/CC. The third kappa shape index (κ3) is 4.49. The number of ether oxygens (including phenoxy) is 1. The number of carbonyl (C=O) groups excluding carboxylic acids is 2. The zero-order valence-corrected chi connectivity index (χ0v) is 19.0. The summed E-state index contributed by atoms with van der Waals surface area (Å²) in [5.74, 6) is -0.453. The van der Waals surface area contributed by atoms with Crippen LogP contribution in [0, 0.1) is 0 Å². The van der Waals surface area contributed by atoms with Crippen molar-refractivity contribution in [1.82, 2.24) is 14.8 Å². The normalized spacial score (nSPS) is 18.9. The van der Waals surface area contributed by atoms with Crippen LogP contribution in [0.1, 0.15) is 30.6 Å². The van der Waals surface area contributed by atoms with Crippen molar-refractivity contribution < 1.29 is 19.4 Å². The van der Waals surface area contributed by atoms with E-state index >= 15 is 0 Å². The van der Waals surface area contributed by atoms with Crippen molar-refractivity contribution in [2.24, 2.45) is 0 Å². The van der Waals surface area contributed by atoms with Gasteiger partial charge < -0.3 is 24.6 Å². The first-order valence-corrected chi connectivity index (χ1v) is 11.3. The Balaban J connectivity index is 1.46. The number of amides is 2. The van der Waals surface area contributed by atoms with Crippen molar-refractivity contribution in [3.8, 4) is 11.1 Å². The maximum Gasteiger partial charge on any atom is 0.259 e. The number of nitrogens with one attached hydrogen (secondary N) is 1. The van der Waals surface area contributed by atoms with E-state index in [-0.39, 0.29) is 30.6 Å². The Morgan fingerprint density at radius 2 is 1.76 bits per heavy atom. The minimum atomic E-state index is -1.41. The summed E-state index contributed by atoms with van der Waals surface area (Å²) in [5.41, 5.74) is 0.244. The molecule has 2 saturated heterocycles. The van der Waals surface area contributed by atoms with Crippen LogP contribution in [0.3, 0.4) is 0 Å². The summed E-state index contributed by atoms with van der Waals surface area (Å²) in [6.07, 6.45) is 4.79. The third-order valence-electron chi connectivity index (χ3n) is 6.19. The zero-order valence-electron chi connectivity index (χ0n) is 19.0. The van der Waals surface area contributed by atoms with Gasteiger partial charge in [-0.3, -0.25) is 14.4 Å². The van der Waals surface area contributed by atoms with Crippen LogP contribution in [-0.2, 0) is 9.53 Å². The van der Waals surface area contributed by atoms with Crippen LogP contribution in [0.5, 0.6) is 0 Å². The van der Waals surface area contributed by atoms with Gasteiger partial charge in [-0.25, -0.2) is 0 Å². The fraction of sp³-hybridized carbons (Fsp3) is 0.400. The van der Waals surface area contributed by atoms with E-state index in [0.717, 1.165) is 22.6 Å². The monoisotopic (exact) mass is 451 g/mol. The smallest absolute Gasteiger partial charge is 0.259 e. The highest BCUT2D eigenvalue weighted by atomic mass is 16.5. The highest BCUT2D eigenvalue weighted by molar-refractivity contribution is 5.95. The van der Waals surface area contributed by atoms with Crippen molar-refractivity contribution in [2.45, 2.75) is 25.9 Å². The Morgan fingerprint density at radius 3 is 2.30 bits per heavy atom. The van der Waals surface area contributed by atoms with Gasteiger partial charge in [0.25, 0.3) is 17.4 Å². The number of rotatable bonds is 4. The van der Waals surface area contributed by atoms with E-state index in [1.807, 2.05) is 26.0 Å². The van der Waals surface area contributed by atoms with E-state index in [1.54, 1.807) is 34.1 Å². The Kier molecular flexibility index (Phi) is 6.49. The van der Waals surface area contributed by atoms with Crippen molar-refractivity contribution >= 4 is 24.0 Å². The number of piperazine rings is 1. The molecule has 8 nitrogen and oxygen atoms in total. The Morgan fingerprint density at radius 1 is 1.12 bits per heavy atom. The van der Waals surface area contributed by atoms with Gasteiger partial charge in [0, 0.05) is 42.7 Å². The average Bonchev–Trinajstić information content (AvgIpc) is 2.83. The molecule has 2 aromatic rings. The van der Waals surface area contributed by atoms with Gasteiger partial charge in [0.05, 0.1) is 13.2 Å². The zero-order chi connectivity index (χ0) is 23.6. The van der Waals surface area contributed by atoms with Crippen LogP contribution in [0.25, 0.3) is 23.3 Å². The Bertz CT molecular complexity index is 1220. The topological polar surface area (TPSA) is 103 Å². The molecule has 0 unspecified atom stereocenters. The number of hydrogen-bond donors (Lipinski definition) is 2. The lowest BCUT2D eigenvalue weighted by atomic mass is 10.00. The number of nitrogens with zero attached hydrogens (tertiary/aromatic N) is 2. The van der Waals surface area contributed by atoms with Crippen LogP contribution >= 0.6 is 0 Å². The number of H-pyrrole nitrogens is 1. The quantitative estimate of drug-likeness (QED) is 0.685. The first kappa shape index (κ1) is 22.9. The first-order valence-electron chi connectivity index (χ1n) is 11.3. The maximum atomic E-state index is 13.0. The molecular formula is C25H29N3O5. The molecule has 0 bridgehead atoms. The number of hydrogen-bond acceptors (Lipinski definition) is 5. The molecule has 174 valence electrons. The second-order valence-corrected chi connectivity index (χ2v) is 8.47. The lowest BCUT2D eigenvalue weighted by Gasteiger charge is -2.42. The van der Waals surface area contributed by atoms with Gasteiger partial charge >= 0.3 is 0 Å². The van der Waals surface area contributed by atoms with E-state index in [1.165, 1.54) is 0 Å². The summed E-state index contributed by atoms with van der Waals surface area (Å²) in [6, 6.07) is 8.91. The fourth-order valence-corrected chi connectivity index (χ4v) is 4.20. The van der Waals surface area contributed by atoms with Gasteiger partial charge in [0.1, 0.15) is 0 Å². The van der Waals surface area contributed by atoms with Gasteiger partial charge in [-0.2, -0.15) is 0 Å². The summed E-state index contributed by atoms with van der Waals surface area (Å²) in [4.78, 5) is 44.2. The molecule has 33 heavy (non-hydrogen) atoms. The largest absolute Gasteiger partial charge is 0.376 e. The molecule has 0 spiro atoms. The molecule has 2 N–H and O–H groups in total. The molecule has 1 aromatic heterocycles. The van der Waals surface area contributed by atoms with Crippen LogP contribution in [0.4, 0.5) is 0 Å².